The van der Waals surface area contributed by atoms with E-state index in [1.54, 1.807) is 26.4 Å². The van der Waals surface area contributed by atoms with Gasteiger partial charge in [0, 0.05) is 11.4 Å². The van der Waals surface area contributed by atoms with E-state index in [0.717, 1.165) is 10.6 Å². The number of ether oxygens (including phenoxy) is 2. The maximum Gasteiger partial charge on any atom is 0.259 e. The first-order valence-electron chi connectivity index (χ1n) is 7.80. The molecule has 6 nitrogen and oxygen atoms in total. The topological polar surface area (TPSA) is 73.3 Å². The van der Waals surface area contributed by atoms with Gasteiger partial charge in [-0.2, -0.15) is 0 Å². The number of aromatic nitrogens is 2. The molecular weight excluding hydrogens is 409 g/mol. The number of nitrogens with zero attached hydrogens (tertiary/aromatic N) is 2. The zero-order chi connectivity index (χ0) is 19.4. The van der Waals surface area contributed by atoms with Crippen LogP contribution in [0.25, 0.3) is 0 Å². The smallest absolute Gasteiger partial charge is 0.259 e. The van der Waals surface area contributed by atoms with Crippen molar-refractivity contribution < 1.29 is 14.3 Å². The molecule has 140 valence electrons. The lowest BCUT2D eigenvalue weighted by Crippen LogP contribution is -2.12. The average molecular weight is 424 g/mol. The van der Waals surface area contributed by atoms with E-state index >= 15 is 0 Å². The molecule has 0 saturated heterocycles. The summed E-state index contributed by atoms with van der Waals surface area (Å²) in [5.41, 5.74) is 1.31. The van der Waals surface area contributed by atoms with Gasteiger partial charge in [-0.25, -0.2) is 0 Å². The number of methoxy groups -OCH3 is 2. The minimum absolute atomic E-state index is 0.273. The molecule has 0 radical (unpaired) electrons. The first-order valence-corrected chi connectivity index (χ1v) is 9.37. The number of amides is 1. The predicted octanol–water partition coefficient (Wildman–Crippen LogP) is 4.71. The van der Waals surface area contributed by atoms with Crippen molar-refractivity contribution in [2.24, 2.45) is 0 Å². The molecule has 1 heterocycles. The molecule has 27 heavy (non-hydrogen) atoms. The summed E-state index contributed by atoms with van der Waals surface area (Å²) >= 11 is 13.2. The third-order valence-electron chi connectivity index (χ3n) is 3.67. The van der Waals surface area contributed by atoms with Crippen LogP contribution >= 0.6 is 34.5 Å². The molecule has 9 heteroatoms. The van der Waals surface area contributed by atoms with E-state index in [0.29, 0.717) is 33.6 Å². The average Bonchev–Trinajstić information content (AvgIpc) is 3.08. The Morgan fingerprint density at radius 1 is 1.07 bits per heavy atom. The van der Waals surface area contributed by atoms with Crippen molar-refractivity contribution >= 4 is 45.6 Å². The fraction of sp³-hybridized carbons (Fsp3) is 0.167. The number of nitrogens with one attached hydrogen (secondary N) is 1. The van der Waals surface area contributed by atoms with Gasteiger partial charge >= 0.3 is 0 Å². The van der Waals surface area contributed by atoms with Crippen LogP contribution in [0, 0.1) is 0 Å². The Kier molecular flexibility index (Phi) is 6.15. The predicted molar refractivity (Wildman–Crippen MR) is 107 cm³/mol. The van der Waals surface area contributed by atoms with Crippen molar-refractivity contribution in [2.75, 3.05) is 19.5 Å². The van der Waals surface area contributed by atoms with Crippen molar-refractivity contribution in [3.63, 3.8) is 0 Å². The second kappa shape index (κ2) is 8.56. The molecule has 1 aromatic heterocycles. The minimum Gasteiger partial charge on any atom is -0.493 e. The third kappa shape index (κ3) is 4.68. The molecule has 0 aliphatic carbocycles. The molecular formula is C18H15Cl2N3O3S. The molecule has 1 N–H and O–H groups in total. The highest BCUT2D eigenvalue weighted by Gasteiger charge is 2.14. The van der Waals surface area contributed by atoms with E-state index in [1.807, 2.05) is 18.2 Å². The number of hydrogen-bond acceptors (Lipinski definition) is 6. The molecule has 3 aromatic rings. The fourth-order valence-electron chi connectivity index (χ4n) is 2.38. The molecule has 0 aliphatic heterocycles. The van der Waals surface area contributed by atoms with Gasteiger partial charge in [0.25, 0.3) is 5.91 Å². The van der Waals surface area contributed by atoms with Gasteiger partial charge in [-0.1, -0.05) is 40.6 Å². The molecule has 0 spiro atoms. The third-order valence-corrected chi connectivity index (χ3v) is 5.05. The first-order chi connectivity index (χ1) is 13.0. The van der Waals surface area contributed by atoms with Crippen molar-refractivity contribution in [3.05, 3.63) is 62.6 Å². The van der Waals surface area contributed by atoms with Crippen LogP contribution in [-0.4, -0.2) is 30.3 Å². The molecule has 2 aromatic carbocycles. The van der Waals surface area contributed by atoms with Crippen LogP contribution in [0.2, 0.25) is 10.0 Å². The maximum absolute atomic E-state index is 12.3. The first kappa shape index (κ1) is 19.4. The van der Waals surface area contributed by atoms with Crippen molar-refractivity contribution in [1.82, 2.24) is 10.2 Å². The number of benzene rings is 2. The van der Waals surface area contributed by atoms with Gasteiger partial charge in [0.15, 0.2) is 11.5 Å². The van der Waals surface area contributed by atoms with Gasteiger partial charge < -0.3 is 9.47 Å². The van der Waals surface area contributed by atoms with E-state index in [1.165, 1.54) is 17.4 Å². The standard InChI is InChI=1S/C18H15Cl2N3O3S/c1-25-14-6-3-10(7-15(14)26-2)8-16-22-23-18(27-16)21-17(24)12-5-4-11(19)9-13(12)20/h3-7,9H,8H2,1-2H3,(H,21,23,24). The van der Waals surface area contributed by atoms with Crippen molar-refractivity contribution in [1.29, 1.82) is 0 Å². The largest absolute Gasteiger partial charge is 0.493 e. The Hall–Kier alpha value is -2.35. The molecule has 0 saturated carbocycles. The number of rotatable bonds is 6. The second-order valence-corrected chi connectivity index (χ2v) is 7.35. The quantitative estimate of drug-likeness (QED) is 0.621. The van der Waals surface area contributed by atoms with Crippen LogP contribution in [0.4, 0.5) is 5.13 Å². The van der Waals surface area contributed by atoms with Gasteiger partial charge in [-0.3, -0.25) is 10.1 Å². The van der Waals surface area contributed by atoms with Crippen LogP contribution in [-0.2, 0) is 6.42 Å². The van der Waals surface area contributed by atoms with E-state index in [4.69, 9.17) is 32.7 Å². The lowest BCUT2D eigenvalue weighted by atomic mass is 10.1. The Morgan fingerprint density at radius 2 is 1.85 bits per heavy atom. The fourth-order valence-corrected chi connectivity index (χ4v) is 3.64. The number of halogens is 2. The molecule has 0 aliphatic rings. The van der Waals surface area contributed by atoms with Crippen LogP contribution in [0.1, 0.15) is 20.9 Å². The molecule has 0 unspecified atom stereocenters. The van der Waals surface area contributed by atoms with E-state index in [-0.39, 0.29) is 10.9 Å². The zero-order valence-corrected chi connectivity index (χ0v) is 16.8. The van der Waals surface area contributed by atoms with E-state index in [2.05, 4.69) is 15.5 Å². The van der Waals surface area contributed by atoms with E-state index in [9.17, 15) is 4.79 Å². The summed E-state index contributed by atoms with van der Waals surface area (Å²) < 4.78 is 10.5. The second-order valence-electron chi connectivity index (χ2n) is 5.45. The number of hydrogen-bond donors (Lipinski definition) is 1. The van der Waals surface area contributed by atoms with Crippen LogP contribution in [0.15, 0.2) is 36.4 Å². The Bertz CT molecular complexity index is 978. The summed E-state index contributed by atoms with van der Waals surface area (Å²) in [6, 6.07) is 10.3. The van der Waals surface area contributed by atoms with Gasteiger partial charge in [0.2, 0.25) is 5.13 Å². The summed E-state index contributed by atoms with van der Waals surface area (Å²) in [6.45, 7) is 0. The maximum atomic E-state index is 12.3. The van der Waals surface area contributed by atoms with Crippen LogP contribution in [0.3, 0.4) is 0 Å². The Morgan fingerprint density at radius 3 is 2.56 bits per heavy atom. The molecule has 1 amide bonds. The lowest BCUT2D eigenvalue weighted by Gasteiger charge is -2.08. The minimum atomic E-state index is -0.370. The van der Waals surface area contributed by atoms with Gasteiger partial charge in [0.05, 0.1) is 24.8 Å². The Balaban J connectivity index is 1.70. The highest BCUT2D eigenvalue weighted by molar-refractivity contribution is 7.15. The summed E-state index contributed by atoms with van der Waals surface area (Å²) in [4.78, 5) is 12.3. The summed E-state index contributed by atoms with van der Waals surface area (Å²) in [5.74, 6) is 0.933. The Labute approximate surface area is 170 Å². The number of carbonyl (C=O) groups is 1. The summed E-state index contributed by atoms with van der Waals surface area (Å²) in [7, 11) is 3.17. The van der Waals surface area contributed by atoms with Crippen molar-refractivity contribution in [2.45, 2.75) is 6.42 Å². The zero-order valence-electron chi connectivity index (χ0n) is 14.5. The SMILES string of the molecule is COc1ccc(Cc2nnc(NC(=O)c3ccc(Cl)cc3Cl)s2)cc1OC. The normalized spacial score (nSPS) is 10.5. The van der Waals surface area contributed by atoms with Crippen molar-refractivity contribution in [3.8, 4) is 11.5 Å². The van der Waals surface area contributed by atoms with Gasteiger partial charge in [-0.05, 0) is 35.9 Å². The molecule has 3 rings (SSSR count). The summed E-state index contributed by atoms with van der Waals surface area (Å²) in [6.07, 6.45) is 0.551. The van der Waals surface area contributed by atoms with Crippen LogP contribution in [0.5, 0.6) is 11.5 Å². The van der Waals surface area contributed by atoms with Crippen LogP contribution < -0.4 is 14.8 Å². The molecule has 0 atom stereocenters. The van der Waals surface area contributed by atoms with E-state index < -0.39 is 0 Å². The highest BCUT2D eigenvalue weighted by atomic mass is 35.5. The number of anilines is 1. The number of carbonyl (C=O) groups excluding carboxylic acids is 1. The summed E-state index contributed by atoms with van der Waals surface area (Å²) in [5, 5.41) is 12.7. The molecule has 0 fully saturated rings. The monoisotopic (exact) mass is 423 g/mol. The van der Waals surface area contributed by atoms with Gasteiger partial charge in [-0.15, -0.1) is 10.2 Å². The lowest BCUT2D eigenvalue weighted by molar-refractivity contribution is 0.102. The molecule has 0 bridgehead atoms. The highest BCUT2D eigenvalue weighted by Crippen LogP contribution is 2.29. The van der Waals surface area contributed by atoms with Gasteiger partial charge in [0.1, 0.15) is 5.01 Å².